The van der Waals surface area contributed by atoms with Crippen LogP contribution in [0, 0.1) is 0 Å². The summed E-state index contributed by atoms with van der Waals surface area (Å²) < 4.78 is 3.14. The number of hydrogen-bond donors (Lipinski definition) is 0. The Balaban J connectivity index is 1.61. The molecule has 26 heavy (non-hydrogen) atoms. The molecule has 4 rings (SSSR count). The van der Waals surface area contributed by atoms with Gasteiger partial charge in [0.05, 0.1) is 5.75 Å². The molecule has 0 saturated carbocycles. The largest absolute Gasteiger partial charge is 0.300 e. The molecule has 2 aromatic carbocycles. The normalized spacial score (nSPS) is 10.9. The molecule has 0 unspecified atom stereocenters. The van der Waals surface area contributed by atoms with Gasteiger partial charge in [0, 0.05) is 23.6 Å². The number of ketones is 1. The molecule has 0 amide bonds. The van der Waals surface area contributed by atoms with Crippen molar-refractivity contribution in [2.24, 2.45) is 0 Å². The molecule has 7 heteroatoms. The van der Waals surface area contributed by atoms with Crippen molar-refractivity contribution in [3.8, 4) is 5.69 Å². The van der Waals surface area contributed by atoms with Gasteiger partial charge in [0.15, 0.2) is 10.9 Å². The lowest BCUT2D eigenvalue weighted by atomic mass is 10.2. The third-order valence-electron chi connectivity index (χ3n) is 3.90. The van der Waals surface area contributed by atoms with E-state index in [4.69, 9.17) is 0 Å². The predicted octanol–water partition coefficient (Wildman–Crippen LogP) is 2.86. The number of Topliss-reactive ketones (excluding diaryl/α,β-unsaturated/α-hetero) is 1. The highest BCUT2D eigenvalue weighted by molar-refractivity contribution is 7.99. The minimum absolute atomic E-state index is 0.00461. The highest BCUT2D eigenvalue weighted by Gasteiger charge is 2.14. The van der Waals surface area contributed by atoms with Crippen molar-refractivity contribution in [1.82, 2.24) is 19.2 Å². The van der Waals surface area contributed by atoms with E-state index in [9.17, 15) is 9.59 Å². The van der Waals surface area contributed by atoms with E-state index >= 15 is 0 Å². The van der Waals surface area contributed by atoms with Crippen LogP contribution in [0.25, 0.3) is 11.3 Å². The van der Waals surface area contributed by atoms with Crippen LogP contribution in [0.1, 0.15) is 10.4 Å². The molecule has 2 heterocycles. The standard InChI is InChI=1S/C19H14N4O2S/c24-16(14-7-3-1-4-8-14)13-26-19-21-20-17-18(25)22(11-12-23(17)19)15-9-5-2-6-10-15/h1-12H,13H2. The van der Waals surface area contributed by atoms with Crippen LogP contribution in [0.5, 0.6) is 0 Å². The Labute approximate surface area is 153 Å². The van der Waals surface area contributed by atoms with Crippen LogP contribution in [-0.4, -0.2) is 30.7 Å². The average molecular weight is 362 g/mol. The summed E-state index contributed by atoms with van der Waals surface area (Å²) in [6, 6.07) is 18.4. The van der Waals surface area contributed by atoms with Gasteiger partial charge in [0.25, 0.3) is 0 Å². The SMILES string of the molecule is O=C(CSc1nnc2c(=O)n(-c3ccccc3)ccn12)c1ccccc1. The van der Waals surface area contributed by atoms with Gasteiger partial charge in [-0.2, -0.15) is 0 Å². The van der Waals surface area contributed by atoms with E-state index in [2.05, 4.69) is 10.2 Å². The lowest BCUT2D eigenvalue weighted by Gasteiger charge is -2.06. The summed E-state index contributed by atoms with van der Waals surface area (Å²) in [5, 5.41) is 8.58. The van der Waals surface area contributed by atoms with Crippen LogP contribution < -0.4 is 5.56 Å². The van der Waals surface area contributed by atoms with Crippen LogP contribution in [0.4, 0.5) is 0 Å². The summed E-state index contributed by atoms with van der Waals surface area (Å²) in [7, 11) is 0. The molecule has 0 aliphatic heterocycles. The van der Waals surface area contributed by atoms with Gasteiger partial charge in [0.1, 0.15) is 0 Å². The summed E-state index contributed by atoms with van der Waals surface area (Å²) >= 11 is 1.26. The second kappa shape index (κ2) is 6.97. The molecule has 0 N–H and O–H groups in total. The molecule has 0 aliphatic carbocycles. The van der Waals surface area contributed by atoms with Crippen molar-refractivity contribution in [3.63, 3.8) is 0 Å². The van der Waals surface area contributed by atoms with Crippen LogP contribution in [0.2, 0.25) is 0 Å². The van der Waals surface area contributed by atoms with Crippen molar-refractivity contribution in [2.45, 2.75) is 5.16 Å². The highest BCUT2D eigenvalue weighted by atomic mass is 32.2. The van der Waals surface area contributed by atoms with Crippen molar-refractivity contribution in [1.29, 1.82) is 0 Å². The molecule has 6 nitrogen and oxygen atoms in total. The molecule has 0 saturated heterocycles. The second-order valence-electron chi connectivity index (χ2n) is 5.56. The minimum atomic E-state index is -0.257. The third kappa shape index (κ3) is 3.04. The Kier molecular flexibility index (Phi) is 4.37. The number of rotatable bonds is 5. The van der Waals surface area contributed by atoms with Crippen molar-refractivity contribution in [2.75, 3.05) is 5.75 Å². The van der Waals surface area contributed by atoms with Crippen molar-refractivity contribution < 1.29 is 4.79 Å². The van der Waals surface area contributed by atoms with Gasteiger partial charge >= 0.3 is 5.56 Å². The van der Waals surface area contributed by atoms with Gasteiger partial charge in [-0.25, -0.2) is 0 Å². The van der Waals surface area contributed by atoms with E-state index in [0.717, 1.165) is 5.69 Å². The van der Waals surface area contributed by atoms with E-state index < -0.39 is 0 Å². The first-order chi connectivity index (χ1) is 12.7. The summed E-state index contributed by atoms with van der Waals surface area (Å²) in [4.78, 5) is 24.9. The molecule has 128 valence electrons. The van der Waals surface area contributed by atoms with Gasteiger partial charge in [-0.05, 0) is 12.1 Å². The van der Waals surface area contributed by atoms with Crippen LogP contribution in [0.3, 0.4) is 0 Å². The van der Waals surface area contributed by atoms with Crippen LogP contribution in [0.15, 0.2) is 83.0 Å². The van der Waals surface area contributed by atoms with Gasteiger partial charge in [-0.15, -0.1) is 10.2 Å². The predicted molar refractivity (Wildman–Crippen MR) is 100 cm³/mol. The molecule has 0 bridgehead atoms. The molecule has 0 atom stereocenters. The van der Waals surface area contributed by atoms with Gasteiger partial charge in [-0.3, -0.25) is 18.6 Å². The molecule has 0 fully saturated rings. The molecule has 0 radical (unpaired) electrons. The number of hydrogen-bond acceptors (Lipinski definition) is 5. The lowest BCUT2D eigenvalue weighted by molar-refractivity contribution is 0.102. The van der Waals surface area contributed by atoms with Crippen molar-refractivity contribution >= 4 is 23.2 Å². The van der Waals surface area contributed by atoms with Gasteiger partial charge in [0.2, 0.25) is 5.65 Å². The minimum Gasteiger partial charge on any atom is -0.293 e. The van der Waals surface area contributed by atoms with Crippen LogP contribution in [-0.2, 0) is 0 Å². The molecule has 4 aromatic rings. The Bertz CT molecular complexity index is 1120. The fourth-order valence-electron chi connectivity index (χ4n) is 2.59. The van der Waals surface area contributed by atoms with E-state index in [-0.39, 0.29) is 22.7 Å². The van der Waals surface area contributed by atoms with E-state index in [1.807, 2.05) is 48.5 Å². The maximum absolute atomic E-state index is 12.7. The number of thioether (sulfide) groups is 1. The fourth-order valence-corrected chi connectivity index (χ4v) is 3.41. The number of carbonyl (C=O) groups is 1. The Morgan fingerprint density at radius 1 is 0.923 bits per heavy atom. The quantitative estimate of drug-likeness (QED) is 0.403. The molecular weight excluding hydrogens is 348 g/mol. The lowest BCUT2D eigenvalue weighted by Crippen LogP contribution is -2.20. The summed E-state index contributed by atoms with van der Waals surface area (Å²) in [5.41, 5.74) is 1.38. The summed E-state index contributed by atoms with van der Waals surface area (Å²) in [6.07, 6.45) is 3.41. The second-order valence-corrected chi connectivity index (χ2v) is 6.51. The van der Waals surface area contributed by atoms with E-state index in [1.54, 1.807) is 28.9 Å². The number of nitrogens with zero attached hydrogens (tertiary/aromatic N) is 4. The molecule has 2 aromatic heterocycles. The van der Waals surface area contributed by atoms with E-state index in [0.29, 0.717) is 10.7 Å². The maximum atomic E-state index is 12.7. The zero-order valence-corrected chi connectivity index (χ0v) is 14.5. The average Bonchev–Trinajstić information content (AvgIpc) is 3.12. The number of carbonyl (C=O) groups excluding carboxylic acids is 1. The third-order valence-corrected chi connectivity index (χ3v) is 4.84. The number of aromatic nitrogens is 4. The Hall–Kier alpha value is -3.19. The molecule has 0 aliphatic rings. The van der Waals surface area contributed by atoms with Gasteiger partial charge in [-0.1, -0.05) is 60.3 Å². The van der Waals surface area contributed by atoms with E-state index in [1.165, 1.54) is 16.3 Å². The monoisotopic (exact) mass is 362 g/mol. The number of benzene rings is 2. The number of fused-ring (bicyclic) bond motifs is 1. The first-order valence-corrected chi connectivity index (χ1v) is 8.95. The number of para-hydroxylation sites is 1. The summed E-state index contributed by atoms with van der Waals surface area (Å²) in [6.45, 7) is 0. The Morgan fingerprint density at radius 3 is 2.35 bits per heavy atom. The molecule has 0 spiro atoms. The zero-order valence-electron chi connectivity index (χ0n) is 13.6. The van der Waals surface area contributed by atoms with Gasteiger partial charge < -0.3 is 0 Å². The first-order valence-electron chi connectivity index (χ1n) is 7.97. The highest BCUT2D eigenvalue weighted by Crippen LogP contribution is 2.17. The fraction of sp³-hybridized carbons (Fsp3) is 0.0526. The first kappa shape index (κ1) is 16.3. The van der Waals surface area contributed by atoms with Crippen molar-refractivity contribution in [3.05, 3.63) is 89.0 Å². The maximum Gasteiger partial charge on any atom is 0.300 e. The Morgan fingerprint density at radius 2 is 1.62 bits per heavy atom. The summed E-state index contributed by atoms with van der Waals surface area (Å²) in [5.74, 6) is 0.233. The zero-order chi connectivity index (χ0) is 17.9. The smallest absolute Gasteiger partial charge is 0.293 e. The van der Waals surface area contributed by atoms with Crippen LogP contribution >= 0.6 is 11.8 Å². The molecular formula is C19H14N4O2S. The topological polar surface area (TPSA) is 69.3 Å².